The quantitative estimate of drug-likeness (QED) is 0.732. The van der Waals surface area contributed by atoms with Crippen molar-refractivity contribution in [1.29, 1.82) is 0 Å². The van der Waals surface area contributed by atoms with E-state index in [2.05, 4.69) is 37.9 Å². The SMILES string of the molecule is O=C(CCn1ccc2c(Br)cccc21)Nc1ccc2c(c1)OCO2. The van der Waals surface area contributed by atoms with Gasteiger partial charge in [-0.1, -0.05) is 22.0 Å². The Balaban J connectivity index is 1.42. The third-order valence-electron chi connectivity index (χ3n) is 4.00. The first kappa shape index (κ1) is 15.1. The maximum Gasteiger partial charge on any atom is 0.231 e. The molecule has 1 N–H and O–H groups in total. The van der Waals surface area contributed by atoms with Gasteiger partial charge in [0, 0.05) is 46.3 Å². The van der Waals surface area contributed by atoms with Gasteiger partial charge in [0.1, 0.15) is 0 Å². The topological polar surface area (TPSA) is 52.5 Å². The van der Waals surface area contributed by atoms with Crippen LogP contribution in [0.4, 0.5) is 5.69 Å². The number of nitrogens with zero attached hydrogens (tertiary/aromatic N) is 1. The van der Waals surface area contributed by atoms with Crippen molar-refractivity contribution in [1.82, 2.24) is 4.57 Å². The number of hydrogen-bond donors (Lipinski definition) is 1. The first-order chi connectivity index (χ1) is 11.7. The number of ether oxygens (including phenoxy) is 2. The number of nitrogens with one attached hydrogen (secondary N) is 1. The minimum Gasteiger partial charge on any atom is -0.454 e. The molecule has 1 aliphatic rings. The number of carbonyl (C=O) groups is 1. The van der Waals surface area contributed by atoms with E-state index in [4.69, 9.17) is 9.47 Å². The minimum absolute atomic E-state index is 0.0364. The fourth-order valence-electron chi connectivity index (χ4n) is 2.80. The fraction of sp³-hybridized carbons (Fsp3) is 0.167. The van der Waals surface area contributed by atoms with E-state index >= 15 is 0 Å². The zero-order valence-corrected chi connectivity index (χ0v) is 14.4. The largest absolute Gasteiger partial charge is 0.454 e. The highest BCUT2D eigenvalue weighted by molar-refractivity contribution is 9.10. The van der Waals surface area contributed by atoms with Gasteiger partial charge in [-0.25, -0.2) is 0 Å². The van der Waals surface area contributed by atoms with Crippen molar-refractivity contribution in [2.24, 2.45) is 0 Å². The second kappa shape index (κ2) is 6.20. The molecule has 1 aromatic heterocycles. The Kier molecular flexibility index (Phi) is 3.90. The molecular weight excluding hydrogens is 372 g/mol. The molecule has 0 spiro atoms. The minimum atomic E-state index is -0.0364. The standard InChI is InChI=1S/C18H15BrN2O3/c19-14-2-1-3-15-13(14)6-8-21(15)9-7-18(22)20-12-4-5-16-17(10-12)24-11-23-16/h1-6,8,10H,7,9,11H2,(H,20,22). The molecule has 1 amide bonds. The zero-order chi connectivity index (χ0) is 16.5. The van der Waals surface area contributed by atoms with Crippen molar-refractivity contribution in [2.45, 2.75) is 13.0 Å². The molecule has 0 saturated carbocycles. The average molecular weight is 387 g/mol. The number of hydrogen-bond acceptors (Lipinski definition) is 3. The van der Waals surface area contributed by atoms with Crippen LogP contribution in [0.15, 0.2) is 53.1 Å². The molecule has 0 bridgehead atoms. The molecule has 0 unspecified atom stereocenters. The number of anilines is 1. The van der Waals surface area contributed by atoms with Crippen molar-refractivity contribution in [3.63, 3.8) is 0 Å². The summed E-state index contributed by atoms with van der Waals surface area (Å²) in [4.78, 5) is 12.2. The molecular formula is C18H15BrN2O3. The van der Waals surface area contributed by atoms with Crippen LogP contribution in [0.1, 0.15) is 6.42 Å². The molecule has 0 radical (unpaired) electrons. The summed E-state index contributed by atoms with van der Waals surface area (Å²) in [5.41, 5.74) is 1.82. The number of aryl methyl sites for hydroxylation is 1. The Hall–Kier alpha value is -2.47. The van der Waals surface area contributed by atoms with Crippen LogP contribution in [0, 0.1) is 0 Å². The molecule has 0 atom stereocenters. The van der Waals surface area contributed by atoms with E-state index in [-0.39, 0.29) is 12.7 Å². The van der Waals surface area contributed by atoms with Gasteiger partial charge < -0.3 is 19.4 Å². The van der Waals surface area contributed by atoms with E-state index in [1.165, 1.54) is 0 Å². The van der Waals surface area contributed by atoms with Crippen LogP contribution < -0.4 is 14.8 Å². The van der Waals surface area contributed by atoms with Gasteiger partial charge in [0.25, 0.3) is 0 Å². The second-order valence-corrected chi connectivity index (χ2v) is 6.40. The van der Waals surface area contributed by atoms with Crippen LogP contribution in [0.25, 0.3) is 10.9 Å². The molecule has 0 saturated heterocycles. The second-order valence-electron chi connectivity index (χ2n) is 5.55. The Morgan fingerprint density at radius 1 is 1.17 bits per heavy atom. The Morgan fingerprint density at radius 2 is 2.04 bits per heavy atom. The summed E-state index contributed by atoms with van der Waals surface area (Å²) in [5.74, 6) is 1.33. The Bertz CT molecular complexity index is 920. The molecule has 122 valence electrons. The number of amides is 1. The first-order valence-electron chi connectivity index (χ1n) is 7.63. The molecule has 3 aromatic rings. The molecule has 5 nitrogen and oxygen atoms in total. The number of benzene rings is 2. The Morgan fingerprint density at radius 3 is 2.96 bits per heavy atom. The summed E-state index contributed by atoms with van der Waals surface area (Å²) in [6.07, 6.45) is 2.40. The summed E-state index contributed by atoms with van der Waals surface area (Å²) >= 11 is 3.54. The third-order valence-corrected chi connectivity index (χ3v) is 4.69. The molecule has 4 rings (SSSR count). The van der Waals surface area contributed by atoms with E-state index < -0.39 is 0 Å². The predicted octanol–water partition coefficient (Wildman–Crippen LogP) is 4.16. The van der Waals surface area contributed by atoms with Crippen LogP contribution >= 0.6 is 15.9 Å². The number of rotatable bonds is 4. The van der Waals surface area contributed by atoms with Gasteiger partial charge in [-0.3, -0.25) is 4.79 Å². The smallest absolute Gasteiger partial charge is 0.231 e. The van der Waals surface area contributed by atoms with Crippen LogP contribution in [-0.4, -0.2) is 17.3 Å². The lowest BCUT2D eigenvalue weighted by atomic mass is 10.2. The van der Waals surface area contributed by atoms with Gasteiger partial charge in [0.2, 0.25) is 12.7 Å². The lowest BCUT2D eigenvalue weighted by Gasteiger charge is -2.08. The summed E-state index contributed by atoms with van der Waals surface area (Å²) in [7, 11) is 0. The molecule has 0 fully saturated rings. The normalized spacial score (nSPS) is 12.5. The predicted molar refractivity (Wildman–Crippen MR) is 95.4 cm³/mol. The summed E-state index contributed by atoms with van der Waals surface area (Å²) in [6.45, 7) is 0.847. The average Bonchev–Trinajstić information content (AvgIpc) is 3.20. The molecule has 2 heterocycles. The number of carbonyl (C=O) groups excluding carboxylic acids is 1. The fourth-order valence-corrected chi connectivity index (χ4v) is 3.29. The van der Waals surface area contributed by atoms with Gasteiger partial charge in [0.05, 0.1) is 0 Å². The van der Waals surface area contributed by atoms with Crippen molar-refractivity contribution in [3.8, 4) is 11.5 Å². The van der Waals surface area contributed by atoms with Crippen molar-refractivity contribution < 1.29 is 14.3 Å². The molecule has 0 aliphatic carbocycles. The summed E-state index contributed by atoms with van der Waals surface area (Å²) in [5, 5.41) is 4.04. The van der Waals surface area contributed by atoms with Gasteiger partial charge >= 0.3 is 0 Å². The monoisotopic (exact) mass is 386 g/mol. The van der Waals surface area contributed by atoms with E-state index in [9.17, 15) is 4.79 Å². The van der Waals surface area contributed by atoms with Gasteiger partial charge in [-0.15, -0.1) is 0 Å². The zero-order valence-electron chi connectivity index (χ0n) is 12.8. The maximum atomic E-state index is 12.2. The number of fused-ring (bicyclic) bond motifs is 2. The number of halogens is 1. The van der Waals surface area contributed by atoms with E-state index in [1.807, 2.05) is 24.4 Å². The van der Waals surface area contributed by atoms with E-state index in [0.29, 0.717) is 30.2 Å². The molecule has 6 heteroatoms. The third kappa shape index (κ3) is 2.85. The first-order valence-corrected chi connectivity index (χ1v) is 8.43. The maximum absolute atomic E-state index is 12.2. The summed E-state index contributed by atoms with van der Waals surface area (Å²) in [6, 6.07) is 13.5. The molecule has 1 aliphatic heterocycles. The van der Waals surface area contributed by atoms with Crippen LogP contribution in [0.2, 0.25) is 0 Å². The van der Waals surface area contributed by atoms with Crippen molar-refractivity contribution >= 4 is 38.4 Å². The Labute approximate surface area is 147 Å². The molecule has 24 heavy (non-hydrogen) atoms. The van der Waals surface area contributed by atoms with Crippen molar-refractivity contribution in [3.05, 3.63) is 53.1 Å². The number of aromatic nitrogens is 1. The van der Waals surface area contributed by atoms with Crippen LogP contribution in [-0.2, 0) is 11.3 Å². The van der Waals surface area contributed by atoms with Crippen LogP contribution in [0.3, 0.4) is 0 Å². The lowest BCUT2D eigenvalue weighted by molar-refractivity contribution is -0.116. The highest BCUT2D eigenvalue weighted by Gasteiger charge is 2.14. The highest BCUT2D eigenvalue weighted by atomic mass is 79.9. The van der Waals surface area contributed by atoms with E-state index in [0.717, 1.165) is 15.4 Å². The van der Waals surface area contributed by atoms with Gasteiger partial charge in [-0.2, -0.15) is 0 Å². The van der Waals surface area contributed by atoms with Crippen molar-refractivity contribution in [2.75, 3.05) is 12.1 Å². The lowest BCUT2D eigenvalue weighted by Crippen LogP contribution is -2.14. The van der Waals surface area contributed by atoms with Crippen LogP contribution in [0.5, 0.6) is 11.5 Å². The molecule has 2 aromatic carbocycles. The highest BCUT2D eigenvalue weighted by Crippen LogP contribution is 2.34. The summed E-state index contributed by atoms with van der Waals surface area (Å²) < 4.78 is 13.7. The van der Waals surface area contributed by atoms with Gasteiger partial charge in [0.15, 0.2) is 11.5 Å². The van der Waals surface area contributed by atoms with E-state index in [1.54, 1.807) is 12.1 Å². The van der Waals surface area contributed by atoms with Gasteiger partial charge in [-0.05, 0) is 30.3 Å².